The van der Waals surface area contributed by atoms with Gasteiger partial charge in [0.25, 0.3) is 0 Å². The maximum Gasteiger partial charge on any atom is 0.0963 e. The van der Waals surface area contributed by atoms with Crippen LogP contribution in [-0.2, 0) is 0 Å². The second kappa shape index (κ2) is 6.30. The van der Waals surface area contributed by atoms with Gasteiger partial charge in [0, 0.05) is 23.7 Å². The number of rotatable bonds is 5. The molecule has 0 spiro atoms. The van der Waals surface area contributed by atoms with E-state index in [9.17, 15) is 0 Å². The van der Waals surface area contributed by atoms with Gasteiger partial charge in [-0.25, -0.2) is 4.98 Å². The summed E-state index contributed by atoms with van der Waals surface area (Å²) < 4.78 is 0. The quantitative estimate of drug-likeness (QED) is 0.812. The van der Waals surface area contributed by atoms with Crippen molar-refractivity contribution in [3.8, 4) is 0 Å². The highest BCUT2D eigenvalue weighted by Gasteiger charge is 2.04. The van der Waals surface area contributed by atoms with Crippen LogP contribution in [0.3, 0.4) is 0 Å². The molecule has 1 atom stereocenters. The van der Waals surface area contributed by atoms with Gasteiger partial charge in [0.1, 0.15) is 0 Å². The number of anilines is 1. The van der Waals surface area contributed by atoms with Crippen molar-refractivity contribution in [3.63, 3.8) is 0 Å². The summed E-state index contributed by atoms with van der Waals surface area (Å²) in [7, 11) is 0. The summed E-state index contributed by atoms with van der Waals surface area (Å²) in [6, 6.07) is 16.3. The molecular formula is C14H16N2S. The molecule has 0 aliphatic heterocycles. The molecule has 1 heterocycles. The van der Waals surface area contributed by atoms with E-state index in [1.807, 2.05) is 42.6 Å². The molecule has 2 aromatic rings. The van der Waals surface area contributed by atoms with Crippen LogP contribution in [0.2, 0.25) is 0 Å². The van der Waals surface area contributed by atoms with Gasteiger partial charge in [-0.2, -0.15) is 0 Å². The summed E-state index contributed by atoms with van der Waals surface area (Å²) in [5, 5.41) is 4.99. The molecule has 0 amide bonds. The van der Waals surface area contributed by atoms with E-state index in [2.05, 4.69) is 29.4 Å². The highest BCUT2D eigenvalue weighted by Crippen LogP contribution is 2.20. The fourth-order valence-electron chi connectivity index (χ4n) is 1.48. The highest BCUT2D eigenvalue weighted by molar-refractivity contribution is 7.99. The van der Waals surface area contributed by atoms with Crippen molar-refractivity contribution in [2.24, 2.45) is 0 Å². The zero-order valence-corrected chi connectivity index (χ0v) is 10.7. The van der Waals surface area contributed by atoms with Crippen molar-refractivity contribution in [2.45, 2.75) is 17.2 Å². The zero-order valence-electron chi connectivity index (χ0n) is 9.84. The number of pyridine rings is 1. The molecular weight excluding hydrogens is 228 g/mol. The molecule has 2 rings (SSSR count). The van der Waals surface area contributed by atoms with Crippen molar-refractivity contribution >= 4 is 17.4 Å². The fraction of sp³-hybridized carbons (Fsp3) is 0.214. The molecule has 1 unspecified atom stereocenters. The Morgan fingerprint density at radius 3 is 2.59 bits per heavy atom. The Balaban J connectivity index is 1.80. The maximum atomic E-state index is 4.31. The van der Waals surface area contributed by atoms with Crippen LogP contribution in [0, 0.1) is 0 Å². The molecule has 2 nitrogen and oxygen atoms in total. The van der Waals surface area contributed by atoms with Crippen molar-refractivity contribution in [1.29, 1.82) is 0 Å². The summed E-state index contributed by atoms with van der Waals surface area (Å²) in [6.45, 7) is 3.14. The van der Waals surface area contributed by atoms with Crippen LogP contribution >= 0.6 is 11.8 Å². The molecule has 0 saturated heterocycles. The van der Waals surface area contributed by atoms with E-state index in [0.29, 0.717) is 5.25 Å². The number of benzene rings is 1. The second-order valence-electron chi connectivity index (χ2n) is 3.84. The van der Waals surface area contributed by atoms with Crippen LogP contribution in [0.25, 0.3) is 0 Å². The summed E-state index contributed by atoms with van der Waals surface area (Å²) in [5.41, 5.74) is 1.17. The Kier molecular flexibility index (Phi) is 4.45. The van der Waals surface area contributed by atoms with E-state index in [1.54, 1.807) is 11.8 Å². The first-order valence-corrected chi connectivity index (χ1v) is 6.59. The molecule has 3 heteroatoms. The SMILES string of the molecule is CC(CNc1ccccc1)Sc1ccccn1. The van der Waals surface area contributed by atoms with Crippen LogP contribution < -0.4 is 5.32 Å². The van der Waals surface area contributed by atoms with Gasteiger partial charge >= 0.3 is 0 Å². The summed E-state index contributed by atoms with van der Waals surface area (Å²) >= 11 is 1.79. The van der Waals surface area contributed by atoms with E-state index in [0.717, 1.165) is 11.6 Å². The third-order valence-corrected chi connectivity index (χ3v) is 3.38. The summed E-state index contributed by atoms with van der Waals surface area (Å²) in [6.07, 6.45) is 1.83. The van der Waals surface area contributed by atoms with E-state index in [1.165, 1.54) is 5.69 Å². The largest absolute Gasteiger partial charge is 0.384 e. The minimum atomic E-state index is 0.491. The third-order valence-electron chi connectivity index (χ3n) is 2.33. The van der Waals surface area contributed by atoms with Crippen LogP contribution in [0.15, 0.2) is 59.8 Å². The predicted octanol–water partition coefficient (Wildman–Crippen LogP) is 3.67. The Morgan fingerprint density at radius 1 is 1.12 bits per heavy atom. The van der Waals surface area contributed by atoms with Crippen molar-refractivity contribution in [1.82, 2.24) is 4.98 Å². The normalized spacial score (nSPS) is 12.1. The van der Waals surface area contributed by atoms with Gasteiger partial charge < -0.3 is 5.32 Å². The van der Waals surface area contributed by atoms with E-state index in [4.69, 9.17) is 0 Å². The monoisotopic (exact) mass is 244 g/mol. The van der Waals surface area contributed by atoms with Crippen LogP contribution in [0.1, 0.15) is 6.92 Å². The van der Waals surface area contributed by atoms with E-state index in [-0.39, 0.29) is 0 Å². The molecule has 0 saturated carbocycles. The standard InChI is InChI=1S/C14H16N2S/c1-12(17-14-9-5-6-10-15-14)11-16-13-7-3-2-4-8-13/h2-10,12,16H,11H2,1H3. The molecule has 1 aromatic heterocycles. The Morgan fingerprint density at radius 2 is 1.88 bits per heavy atom. The van der Waals surface area contributed by atoms with Gasteiger partial charge in [-0.3, -0.25) is 0 Å². The van der Waals surface area contributed by atoms with Gasteiger partial charge in [-0.1, -0.05) is 31.2 Å². The molecule has 1 aromatic carbocycles. The minimum Gasteiger partial charge on any atom is -0.384 e. The lowest BCUT2D eigenvalue weighted by molar-refractivity contribution is 0.989. The summed E-state index contributed by atoms with van der Waals surface area (Å²) in [5.74, 6) is 0. The smallest absolute Gasteiger partial charge is 0.0963 e. The van der Waals surface area contributed by atoms with Crippen molar-refractivity contribution < 1.29 is 0 Å². The summed E-state index contributed by atoms with van der Waals surface area (Å²) in [4.78, 5) is 4.31. The molecule has 88 valence electrons. The average Bonchev–Trinajstić information content (AvgIpc) is 2.39. The fourth-order valence-corrected chi connectivity index (χ4v) is 2.34. The Hall–Kier alpha value is -1.48. The highest BCUT2D eigenvalue weighted by atomic mass is 32.2. The number of nitrogens with one attached hydrogen (secondary N) is 1. The first kappa shape index (κ1) is 12.0. The Labute approximate surface area is 106 Å². The second-order valence-corrected chi connectivity index (χ2v) is 5.30. The van der Waals surface area contributed by atoms with Crippen LogP contribution in [0.4, 0.5) is 5.69 Å². The van der Waals surface area contributed by atoms with Crippen LogP contribution in [0.5, 0.6) is 0 Å². The molecule has 17 heavy (non-hydrogen) atoms. The molecule has 1 N–H and O–H groups in total. The molecule has 0 bridgehead atoms. The van der Waals surface area contributed by atoms with E-state index < -0.39 is 0 Å². The molecule has 0 aliphatic carbocycles. The van der Waals surface area contributed by atoms with Crippen molar-refractivity contribution in [3.05, 3.63) is 54.7 Å². The Bertz CT molecular complexity index is 430. The number of aromatic nitrogens is 1. The topological polar surface area (TPSA) is 24.9 Å². The van der Waals surface area contributed by atoms with E-state index >= 15 is 0 Å². The first-order chi connectivity index (χ1) is 8.34. The van der Waals surface area contributed by atoms with Gasteiger partial charge in [0.15, 0.2) is 0 Å². The lowest BCUT2D eigenvalue weighted by atomic mass is 10.3. The van der Waals surface area contributed by atoms with Gasteiger partial charge in [0.2, 0.25) is 0 Å². The lowest BCUT2D eigenvalue weighted by Gasteiger charge is -2.12. The number of hydrogen-bond donors (Lipinski definition) is 1. The zero-order chi connectivity index (χ0) is 11.9. The van der Waals surface area contributed by atoms with Gasteiger partial charge in [-0.05, 0) is 24.3 Å². The third kappa shape index (κ3) is 4.11. The molecule has 0 fully saturated rings. The lowest BCUT2D eigenvalue weighted by Crippen LogP contribution is -2.13. The minimum absolute atomic E-state index is 0.491. The molecule has 0 aliphatic rings. The maximum absolute atomic E-state index is 4.31. The molecule has 0 radical (unpaired) electrons. The number of thioether (sulfide) groups is 1. The number of para-hydroxylation sites is 1. The van der Waals surface area contributed by atoms with Gasteiger partial charge in [0.05, 0.1) is 5.03 Å². The van der Waals surface area contributed by atoms with Crippen molar-refractivity contribution in [2.75, 3.05) is 11.9 Å². The average molecular weight is 244 g/mol. The number of nitrogens with zero attached hydrogens (tertiary/aromatic N) is 1. The first-order valence-electron chi connectivity index (χ1n) is 5.71. The van der Waals surface area contributed by atoms with Gasteiger partial charge in [-0.15, -0.1) is 11.8 Å². The predicted molar refractivity (Wildman–Crippen MR) is 74.5 cm³/mol. The van der Waals surface area contributed by atoms with Crippen LogP contribution in [-0.4, -0.2) is 16.8 Å². The number of hydrogen-bond acceptors (Lipinski definition) is 3.